The fourth-order valence-corrected chi connectivity index (χ4v) is 9.90. The van der Waals surface area contributed by atoms with Gasteiger partial charge < -0.3 is 13.9 Å². The average molecular weight is 433 g/mol. The maximum atomic E-state index is 6.64. The lowest BCUT2D eigenvalue weighted by atomic mass is 9.45. The van der Waals surface area contributed by atoms with Crippen LogP contribution < -0.4 is 0 Å². The van der Waals surface area contributed by atoms with E-state index in [1.807, 2.05) is 0 Å². The molecule has 0 N–H and O–H groups in total. The third-order valence-electron chi connectivity index (χ3n) is 10.3. The highest BCUT2D eigenvalue weighted by Crippen LogP contribution is 2.69. The summed E-state index contributed by atoms with van der Waals surface area (Å²) >= 11 is 0. The van der Waals surface area contributed by atoms with Gasteiger partial charge in [-0.25, -0.2) is 0 Å². The van der Waals surface area contributed by atoms with Crippen LogP contribution in [0, 0.1) is 34.5 Å². The molecule has 1 heterocycles. The van der Waals surface area contributed by atoms with E-state index in [9.17, 15) is 0 Å². The second kappa shape index (κ2) is 7.09. The second-order valence-electron chi connectivity index (χ2n) is 12.7. The van der Waals surface area contributed by atoms with Crippen molar-refractivity contribution < 1.29 is 13.9 Å². The minimum Gasteiger partial charge on any atom is -0.548 e. The van der Waals surface area contributed by atoms with Gasteiger partial charge in [0.2, 0.25) is 8.32 Å². The van der Waals surface area contributed by atoms with Crippen molar-refractivity contribution in [2.75, 3.05) is 13.2 Å². The van der Waals surface area contributed by atoms with E-state index < -0.39 is 8.32 Å². The van der Waals surface area contributed by atoms with Gasteiger partial charge in [-0.3, -0.25) is 0 Å². The third-order valence-corrected chi connectivity index (χ3v) is 11.2. The Morgan fingerprint density at radius 1 is 0.967 bits per heavy atom. The van der Waals surface area contributed by atoms with E-state index in [1.165, 1.54) is 50.7 Å². The fourth-order valence-electron chi connectivity index (χ4n) is 8.95. The Morgan fingerprint density at radius 2 is 1.73 bits per heavy atom. The Bertz CT molecular complexity index is 714. The minimum absolute atomic E-state index is 0.0382. The Kier molecular flexibility index (Phi) is 5.08. The van der Waals surface area contributed by atoms with Crippen molar-refractivity contribution >= 4 is 8.32 Å². The molecule has 0 aromatic heterocycles. The largest absolute Gasteiger partial charge is 0.548 e. The molecule has 1 aliphatic heterocycles. The molecule has 4 aliphatic carbocycles. The first kappa shape index (κ1) is 21.5. The summed E-state index contributed by atoms with van der Waals surface area (Å²) in [5.41, 5.74) is 0.707. The lowest BCUT2D eigenvalue weighted by Crippen LogP contribution is -2.62. The summed E-state index contributed by atoms with van der Waals surface area (Å²) in [6.45, 7) is 16.0. The molecule has 0 aromatic carbocycles. The van der Waals surface area contributed by atoms with Crippen LogP contribution in [0.1, 0.15) is 72.1 Å². The van der Waals surface area contributed by atoms with Crippen LogP contribution in [0.15, 0.2) is 11.8 Å². The lowest BCUT2D eigenvalue weighted by Gasteiger charge is -2.62. The van der Waals surface area contributed by atoms with Gasteiger partial charge >= 0.3 is 0 Å². The molecule has 1 unspecified atom stereocenters. The quantitative estimate of drug-likeness (QED) is 0.463. The highest BCUT2D eigenvalue weighted by Gasteiger charge is 2.67. The van der Waals surface area contributed by atoms with Crippen molar-refractivity contribution in [1.29, 1.82) is 0 Å². The number of allylic oxidation sites excluding steroid dienone is 2. The molecule has 8 atom stereocenters. The summed E-state index contributed by atoms with van der Waals surface area (Å²) in [6, 6.07) is 0. The molecule has 4 heteroatoms. The Balaban J connectivity index is 1.40. The molecular formula is C26H44O3Si. The maximum absolute atomic E-state index is 6.64. The number of hydrogen-bond acceptors (Lipinski definition) is 3. The van der Waals surface area contributed by atoms with E-state index >= 15 is 0 Å². The normalized spacial score (nSPS) is 51.0. The van der Waals surface area contributed by atoms with Crippen molar-refractivity contribution in [2.45, 2.75) is 103 Å². The molecular weight excluding hydrogens is 388 g/mol. The molecule has 0 radical (unpaired) electrons. The smallest absolute Gasteiger partial charge is 0.241 e. The summed E-state index contributed by atoms with van der Waals surface area (Å²) in [4.78, 5) is 0. The molecule has 170 valence electrons. The van der Waals surface area contributed by atoms with Crippen LogP contribution in [0.2, 0.25) is 19.6 Å². The van der Waals surface area contributed by atoms with Gasteiger partial charge in [0.05, 0.1) is 30.7 Å². The molecule has 0 amide bonds. The standard InChI is InChI=1S/C26H44O3Si/c1-18-26(28-16-15-27-18)14-11-23-21-8-7-19-17-20(29-30(4,5)6)9-12-24(19,2)22(21)10-13-25(23,26)3/h17-19,21-23H,7-16H2,1-6H3/t18?,19-,21+,22-,23-,24-,25-,26-/m0/s1. The van der Waals surface area contributed by atoms with E-state index in [0.29, 0.717) is 11.3 Å². The van der Waals surface area contributed by atoms with Gasteiger partial charge in [-0.15, -0.1) is 0 Å². The summed E-state index contributed by atoms with van der Waals surface area (Å²) < 4.78 is 19.3. The Labute approximate surface area is 185 Å². The molecule has 1 saturated heterocycles. The van der Waals surface area contributed by atoms with Crippen LogP contribution in [-0.4, -0.2) is 33.2 Å². The van der Waals surface area contributed by atoms with Crippen LogP contribution >= 0.6 is 0 Å². The van der Waals surface area contributed by atoms with Crippen LogP contribution in [0.25, 0.3) is 0 Å². The number of fused-ring (bicyclic) bond motifs is 6. The van der Waals surface area contributed by atoms with Crippen molar-refractivity contribution in [1.82, 2.24) is 0 Å². The number of rotatable bonds is 2. The fraction of sp³-hybridized carbons (Fsp3) is 0.923. The highest BCUT2D eigenvalue weighted by molar-refractivity contribution is 6.70. The van der Waals surface area contributed by atoms with Crippen LogP contribution in [0.3, 0.4) is 0 Å². The topological polar surface area (TPSA) is 27.7 Å². The van der Waals surface area contributed by atoms with E-state index in [1.54, 1.807) is 0 Å². The molecule has 5 rings (SSSR count). The zero-order chi connectivity index (χ0) is 21.4. The maximum Gasteiger partial charge on any atom is 0.241 e. The average Bonchev–Trinajstić information content (AvgIpc) is 2.97. The van der Waals surface area contributed by atoms with Crippen LogP contribution in [0.5, 0.6) is 0 Å². The molecule has 3 nitrogen and oxygen atoms in total. The molecule has 0 bridgehead atoms. The number of hydrogen-bond donors (Lipinski definition) is 0. The van der Waals surface area contributed by atoms with Crippen molar-refractivity contribution in [2.24, 2.45) is 34.5 Å². The van der Waals surface area contributed by atoms with Gasteiger partial charge in [-0.05, 0) is 107 Å². The van der Waals surface area contributed by atoms with Gasteiger partial charge in [0.1, 0.15) is 0 Å². The summed E-state index contributed by atoms with van der Waals surface area (Å²) in [7, 11) is -1.51. The van der Waals surface area contributed by atoms with Crippen LogP contribution in [0.4, 0.5) is 0 Å². The Morgan fingerprint density at radius 3 is 2.47 bits per heavy atom. The molecule has 1 spiro atoms. The zero-order valence-electron chi connectivity index (χ0n) is 20.3. The lowest BCUT2D eigenvalue weighted by molar-refractivity contribution is -0.254. The first-order valence-corrected chi connectivity index (χ1v) is 16.2. The van der Waals surface area contributed by atoms with Crippen molar-refractivity contribution in [3.63, 3.8) is 0 Å². The van der Waals surface area contributed by atoms with E-state index in [4.69, 9.17) is 13.9 Å². The van der Waals surface area contributed by atoms with Crippen LogP contribution in [-0.2, 0) is 13.9 Å². The van der Waals surface area contributed by atoms with Crippen molar-refractivity contribution in [3.05, 3.63) is 11.8 Å². The van der Waals surface area contributed by atoms with Gasteiger partial charge in [-0.2, -0.15) is 0 Å². The monoisotopic (exact) mass is 432 g/mol. The molecule has 4 fully saturated rings. The van der Waals surface area contributed by atoms with Gasteiger partial charge in [0, 0.05) is 11.8 Å². The molecule has 3 saturated carbocycles. The molecule has 30 heavy (non-hydrogen) atoms. The second-order valence-corrected chi connectivity index (χ2v) is 17.1. The third kappa shape index (κ3) is 3.03. The van der Waals surface area contributed by atoms with Gasteiger partial charge in [0.25, 0.3) is 0 Å². The van der Waals surface area contributed by atoms with Crippen molar-refractivity contribution in [3.8, 4) is 0 Å². The van der Waals surface area contributed by atoms with Gasteiger partial charge in [-0.1, -0.05) is 13.8 Å². The predicted octanol–water partition coefficient (Wildman–Crippen LogP) is 6.55. The summed E-state index contributed by atoms with van der Waals surface area (Å²) in [5, 5.41) is 0. The number of ether oxygens (including phenoxy) is 2. The van der Waals surface area contributed by atoms with E-state index in [-0.39, 0.29) is 17.1 Å². The summed E-state index contributed by atoms with van der Waals surface area (Å²) in [5.74, 6) is 4.58. The van der Waals surface area contributed by atoms with Gasteiger partial charge in [0.15, 0.2) is 0 Å². The predicted molar refractivity (Wildman–Crippen MR) is 124 cm³/mol. The minimum atomic E-state index is -1.51. The highest BCUT2D eigenvalue weighted by atomic mass is 28.4. The molecule has 5 aliphatic rings. The Hall–Kier alpha value is -0.323. The zero-order valence-corrected chi connectivity index (χ0v) is 21.3. The SMILES string of the molecule is CC1OCCO[C@@]12CC[C@H]1[C@@H]3CC[C@H]4C=C(O[Si](C)(C)C)CC[C@]4(C)[C@H]3CC[C@@]12C. The summed E-state index contributed by atoms with van der Waals surface area (Å²) in [6.07, 6.45) is 13.3. The first-order chi connectivity index (χ1) is 14.1. The molecule has 0 aromatic rings. The first-order valence-electron chi connectivity index (χ1n) is 12.7. The van der Waals surface area contributed by atoms with E-state index in [0.717, 1.165) is 37.4 Å². The van der Waals surface area contributed by atoms with E-state index in [2.05, 4.69) is 46.5 Å².